The molecule has 6 heteroatoms. The van der Waals surface area contributed by atoms with Gasteiger partial charge in [-0.05, 0) is 42.8 Å². The van der Waals surface area contributed by atoms with E-state index < -0.39 is 0 Å². The van der Waals surface area contributed by atoms with Crippen molar-refractivity contribution in [1.29, 1.82) is 0 Å². The average Bonchev–Trinajstić information content (AvgIpc) is 3.04. The van der Waals surface area contributed by atoms with Crippen LogP contribution in [0.2, 0.25) is 0 Å². The van der Waals surface area contributed by atoms with Crippen molar-refractivity contribution < 1.29 is 4.79 Å². The predicted octanol–water partition coefficient (Wildman–Crippen LogP) is 3.08. The first-order valence-corrected chi connectivity index (χ1v) is 7.76. The smallest absolute Gasteiger partial charge is 0.319 e. The molecule has 3 rings (SSSR count). The van der Waals surface area contributed by atoms with Gasteiger partial charge in [-0.25, -0.2) is 4.79 Å². The van der Waals surface area contributed by atoms with Gasteiger partial charge in [0, 0.05) is 36.4 Å². The van der Waals surface area contributed by atoms with Crippen LogP contribution in [0, 0.1) is 6.92 Å². The van der Waals surface area contributed by atoms with Gasteiger partial charge in [0.05, 0.1) is 12.2 Å². The number of carbonyl (C=O) groups excluding carboxylic acids is 1. The summed E-state index contributed by atoms with van der Waals surface area (Å²) in [5.41, 5.74) is 3.80. The quantitative estimate of drug-likeness (QED) is 0.758. The summed E-state index contributed by atoms with van der Waals surface area (Å²) in [6.45, 7) is 3.09. The Morgan fingerprint density at radius 3 is 2.79 bits per heavy atom. The van der Waals surface area contributed by atoms with E-state index in [0.717, 1.165) is 22.5 Å². The Kier molecular flexibility index (Phi) is 4.86. The van der Waals surface area contributed by atoms with Crippen LogP contribution in [0.25, 0.3) is 11.3 Å². The number of amides is 2. The second-order valence-corrected chi connectivity index (χ2v) is 5.45. The van der Waals surface area contributed by atoms with Crippen molar-refractivity contribution in [2.24, 2.45) is 0 Å². The largest absolute Gasteiger partial charge is 0.336 e. The lowest BCUT2D eigenvalue weighted by atomic mass is 10.2. The molecule has 0 radical (unpaired) electrons. The van der Waals surface area contributed by atoms with Gasteiger partial charge in [0.15, 0.2) is 0 Å². The van der Waals surface area contributed by atoms with Crippen LogP contribution in [0.1, 0.15) is 5.56 Å². The van der Waals surface area contributed by atoms with E-state index in [1.807, 2.05) is 60.3 Å². The number of benzene rings is 1. The molecule has 0 saturated heterocycles. The predicted molar refractivity (Wildman–Crippen MR) is 93.7 cm³/mol. The highest BCUT2D eigenvalue weighted by molar-refractivity contribution is 5.89. The van der Waals surface area contributed by atoms with E-state index in [0.29, 0.717) is 13.1 Å². The number of aryl methyl sites for hydroxylation is 1. The first-order valence-electron chi connectivity index (χ1n) is 7.76. The standard InChI is InChI=1S/C18H19N5O/c1-14-3-2-4-16(13-14)21-18(24)20-10-12-23-11-7-17(22-23)15-5-8-19-9-6-15/h2-9,11,13H,10,12H2,1H3,(H2,20,21,24). The molecule has 0 atom stereocenters. The summed E-state index contributed by atoms with van der Waals surface area (Å²) < 4.78 is 1.81. The number of urea groups is 1. The van der Waals surface area contributed by atoms with Gasteiger partial charge < -0.3 is 10.6 Å². The molecule has 0 saturated carbocycles. The van der Waals surface area contributed by atoms with Gasteiger partial charge in [-0.3, -0.25) is 9.67 Å². The number of aromatic nitrogens is 3. The summed E-state index contributed by atoms with van der Waals surface area (Å²) in [4.78, 5) is 15.9. The second-order valence-electron chi connectivity index (χ2n) is 5.45. The zero-order valence-corrected chi connectivity index (χ0v) is 13.4. The molecule has 2 heterocycles. The van der Waals surface area contributed by atoms with Gasteiger partial charge >= 0.3 is 6.03 Å². The van der Waals surface area contributed by atoms with Crippen LogP contribution >= 0.6 is 0 Å². The summed E-state index contributed by atoms with van der Waals surface area (Å²) in [5, 5.41) is 10.1. The molecule has 2 aromatic heterocycles. The van der Waals surface area contributed by atoms with E-state index in [1.165, 1.54) is 0 Å². The van der Waals surface area contributed by atoms with Crippen molar-refractivity contribution >= 4 is 11.7 Å². The maximum absolute atomic E-state index is 11.9. The molecule has 24 heavy (non-hydrogen) atoms. The average molecular weight is 321 g/mol. The molecule has 2 N–H and O–H groups in total. The fourth-order valence-corrected chi connectivity index (χ4v) is 2.34. The van der Waals surface area contributed by atoms with Crippen molar-refractivity contribution in [2.75, 3.05) is 11.9 Å². The normalized spacial score (nSPS) is 10.4. The third kappa shape index (κ3) is 4.19. The number of hydrogen-bond donors (Lipinski definition) is 2. The summed E-state index contributed by atoms with van der Waals surface area (Å²) in [6.07, 6.45) is 5.38. The lowest BCUT2D eigenvalue weighted by Crippen LogP contribution is -2.31. The second kappa shape index (κ2) is 7.41. The number of anilines is 1. The van der Waals surface area contributed by atoms with Crippen LogP contribution in [0.3, 0.4) is 0 Å². The minimum Gasteiger partial charge on any atom is -0.336 e. The Morgan fingerprint density at radius 2 is 2.00 bits per heavy atom. The molecule has 3 aromatic rings. The molecule has 0 aliphatic rings. The topological polar surface area (TPSA) is 71.8 Å². The summed E-state index contributed by atoms with van der Waals surface area (Å²) >= 11 is 0. The first-order chi connectivity index (χ1) is 11.7. The van der Waals surface area contributed by atoms with E-state index in [2.05, 4.69) is 20.7 Å². The van der Waals surface area contributed by atoms with Crippen molar-refractivity contribution in [3.05, 3.63) is 66.6 Å². The number of carbonyl (C=O) groups is 1. The summed E-state index contributed by atoms with van der Waals surface area (Å²) in [5.74, 6) is 0. The fraction of sp³-hybridized carbons (Fsp3) is 0.167. The van der Waals surface area contributed by atoms with Gasteiger partial charge in [0.2, 0.25) is 0 Å². The summed E-state index contributed by atoms with van der Waals surface area (Å²) in [6, 6.07) is 13.2. The van der Waals surface area contributed by atoms with E-state index in [4.69, 9.17) is 0 Å². The van der Waals surface area contributed by atoms with Crippen molar-refractivity contribution in [3.8, 4) is 11.3 Å². The first kappa shape index (κ1) is 15.7. The molecule has 122 valence electrons. The van der Waals surface area contributed by atoms with Gasteiger partial charge in [-0.1, -0.05) is 12.1 Å². The lowest BCUT2D eigenvalue weighted by molar-refractivity contribution is 0.251. The Hall–Kier alpha value is -3.15. The van der Waals surface area contributed by atoms with Gasteiger partial charge in [-0.15, -0.1) is 0 Å². The van der Waals surface area contributed by atoms with E-state index in [9.17, 15) is 4.79 Å². The van der Waals surface area contributed by atoms with Gasteiger partial charge in [-0.2, -0.15) is 5.10 Å². The third-order valence-electron chi connectivity index (χ3n) is 3.52. The Labute approximate surface area is 140 Å². The molecular weight excluding hydrogens is 302 g/mol. The molecular formula is C18H19N5O. The molecule has 6 nitrogen and oxygen atoms in total. The number of nitrogens with one attached hydrogen (secondary N) is 2. The van der Waals surface area contributed by atoms with Gasteiger partial charge in [0.1, 0.15) is 0 Å². The Balaban J connectivity index is 1.48. The highest BCUT2D eigenvalue weighted by atomic mass is 16.2. The fourth-order valence-electron chi connectivity index (χ4n) is 2.34. The molecule has 0 spiro atoms. The molecule has 0 fully saturated rings. The van der Waals surface area contributed by atoms with Crippen LogP contribution in [0.15, 0.2) is 61.1 Å². The zero-order valence-electron chi connectivity index (χ0n) is 13.4. The SMILES string of the molecule is Cc1cccc(NC(=O)NCCn2ccc(-c3ccncc3)n2)c1. The molecule has 2 amide bonds. The van der Waals surface area contributed by atoms with Crippen molar-refractivity contribution in [1.82, 2.24) is 20.1 Å². The minimum absolute atomic E-state index is 0.220. The molecule has 0 bridgehead atoms. The summed E-state index contributed by atoms with van der Waals surface area (Å²) in [7, 11) is 0. The number of nitrogens with zero attached hydrogens (tertiary/aromatic N) is 3. The molecule has 0 unspecified atom stereocenters. The highest BCUT2D eigenvalue weighted by Gasteiger charge is 2.04. The number of hydrogen-bond acceptors (Lipinski definition) is 3. The maximum atomic E-state index is 11.9. The molecule has 0 aliphatic carbocycles. The minimum atomic E-state index is -0.220. The van der Waals surface area contributed by atoms with Crippen LogP contribution in [0.5, 0.6) is 0 Å². The van der Waals surface area contributed by atoms with Crippen LogP contribution in [-0.4, -0.2) is 27.3 Å². The third-order valence-corrected chi connectivity index (χ3v) is 3.52. The highest BCUT2D eigenvalue weighted by Crippen LogP contribution is 2.14. The number of rotatable bonds is 5. The van der Waals surface area contributed by atoms with Crippen LogP contribution < -0.4 is 10.6 Å². The molecule has 0 aliphatic heterocycles. The van der Waals surface area contributed by atoms with Gasteiger partial charge in [0.25, 0.3) is 0 Å². The van der Waals surface area contributed by atoms with Crippen molar-refractivity contribution in [2.45, 2.75) is 13.5 Å². The number of pyridine rings is 1. The maximum Gasteiger partial charge on any atom is 0.319 e. The molecule has 1 aromatic carbocycles. The van der Waals surface area contributed by atoms with Crippen LogP contribution in [-0.2, 0) is 6.54 Å². The van der Waals surface area contributed by atoms with E-state index in [-0.39, 0.29) is 6.03 Å². The zero-order chi connectivity index (χ0) is 16.8. The van der Waals surface area contributed by atoms with Crippen LogP contribution in [0.4, 0.5) is 10.5 Å². The monoisotopic (exact) mass is 321 g/mol. The van der Waals surface area contributed by atoms with E-state index >= 15 is 0 Å². The Bertz CT molecular complexity index is 813. The van der Waals surface area contributed by atoms with E-state index in [1.54, 1.807) is 12.4 Å². The van der Waals surface area contributed by atoms with Crippen molar-refractivity contribution in [3.63, 3.8) is 0 Å². The Morgan fingerprint density at radius 1 is 1.17 bits per heavy atom. The lowest BCUT2D eigenvalue weighted by Gasteiger charge is -2.08.